The smallest absolute Gasteiger partial charge is 0.338 e. The number of aromatic nitrogens is 1. The highest BCUT2D eigenvalue weighted by Crippen LogP contribution is 2.55. The van der Waals surface area contributed by atoms with Crippen molar-refractivity contribution in [3.63, 3.8) is 0 Å². The topological polar surface area (TPSA) is 96.5 Å². The number of rotatable bonds is 4. The molecule has 0 unspecified atom stereocenters. The number of nitrogens with one attached hydrogen (secondary N) is 1. The van der Waals surface area contributed by atoms with E-state index in [0.29, 0.717) is 22.7 Å². The molecular weight excluding hydrogens is 412 g/mol. The van der Waals surface area contributed by atoms with E-state index < -0.39 is 22.6 Å². The van der Waals surface area contributed by atoms with Crippen LogP contribution in [0.4, 0.5) is 5.69 Å². The van der Waals surface area contributed by atoms with Gasteiger partial charge in [-0.05, 0) is 37.6 Å². The van der Waals surface area contributed by atoms with Crippen molar-refractivity contribution in [2.75, 3.05) is 11.5 Å². The highest BCUT2D eigenvalue weighted by atomic mass is 32.2. The molecule has 1 N–H and O–H groups in total. The summed E-state index contributed by atoms with van der Waals surface area (Å²) in [6.07, 6.45) is 0.629. The Labute approximate surface area is 175 Å². The molecule has 29 heavy (non-hydrogen) atoms. The van der Waals surface area contributed by atoms with Crippen molar-refractivity contribution in [3.8, 4) is 0 Å². The Morgan fingerprint density at radius 1 is 1.17 bits per heavy atom. The second kappa shape index (κ2) is 7.14. The third kappa shape index (κ3) is 2.95. The maximum atomic E-state index is 13.4. The normalized spacial score (nSPS) is 25.7. The lowest BCUT2D eigenvalue weighted by atomic mass is 9.72. The highest BCUT2D eigenvalue weighted by molar-refractivity contribution is 8.00. The number of anilines is 1. The quantitative estimate of drug-likeness (QED) is 0.589. The fourth-order valence-electron chi connectivity index (χ4n) is 4.01. The van der Waals surface area contributed by atoms with Crippen molar-refractivity contribution >= 4 is 46.6 Å². The monoisotopic (exact) mass is 432 g/mol. The third-order valence-corrected chi connectivity index (χ3v) is 8.25. The van der Waals surface area contributed by atoms with Gasteiger partial charge in [-0.3, -0.25) is 14.4 Å². The van der Waals surface area contributed by atoms with Crippen molar-refractivity contribution in [1.82, 2.24) is 4.98 Å². The van der Waals surface area contributed by atoms with Gasteiger partial charge in [-0.1, -0.05) is 36.9 Å². The van der Waals surface area contributed by atoms with Gasteiger partial charge < -0.3 is 9.72 Å². The molecule has 9 heteroatoms. The molecule has 0 radical (unpaired) electrons. The van der Waals surface area contributed by atoms with E-state index in [4.69, 9.17) is 4.74 Å². The van der Waals surface area contributed by atoms with E-state index in [9.17, 15) is 19.2 Å². The number of esters is 1. The first-order valence-corrected chi connectivity index (χ1v) is 11.1. The zero-order chi connectivity index (χ0) is 20.9. The predicted octanol–water partition coefficient (Wildman–Crippen LogP) is 2.94. The lowest BCUT2D eigenvalue weighted by Crippen LogP contribution is -2.43. The van der Waals surface area contributed by atoms with Crippen LogP contribution in [-0.2, 0) is 19.7 Å². The Morgan fingerprint density at radius 2 is 1.86 bits per heavy atom. The number of amides is 2. The van der Waals surface area contributed by atoms with E-state index in [0.717, 1.165) is 16.2 Å². The molecule has 0 bridgehead atoms. The number of hydrogen-bond acceptors (Lipinski definition) is 7. The van der Waals surface area contributed by atoms with Crippen LogP contribution in [0.5, 0.6) is 0 Å². The van der Waals surface area contributed by atoms with Crippen LogP contribution < -0.4 is 9.77 Å². The Hall–Kier alpha value is -2.39. The molecule has 0 aliphatic carbocycles. The molecule has 0 spiro atoms. The lowest BCUT2D eigenvalue weighted by Gasteiger charge is -2.38. The molecule has 4 rings (SSSR count). The first-order valence-electron chi connectivity index (χ1n) is 9.37. The summed E-state index contributed by atoms with van der Waals surface area (Å²) < 4.78 is 4.97. The summed E-state index contributed by atoms with van der Waals surface area (Å²) in [5.41, 5.74) is 0.194. The number of hydrogen-bond donors (Lipinski definition) is 1. The number of aromatic amines is 1. The van der Waals surface area contributed by atoms with Crippen molar-refractivity contribution in [2.45, 2.75) is 42.9 Å². The largest absolute Gasteiger partial charge is 0.462 e. The maximum Gasteiger partial charge on any atom is 0.338 e. The van der Waals surface area contributed by atoms with Gasteiger partial charge in [0.15, 0.2) is 0 Å². The summed E-state index contributed by atoms with van der Waals surface area (Å²) in [6.45, 7) is 5.91. The van der Waals surface area contributed by atoms with E-state index in [2.05, 4.69) is 4.98 Å². The fraction of sp³-hybridized carbons (Fsp3) is 0.400. The zero-order valence-corrected chi connectivity index (χ0v) is 17.8. The van der Waals surface area contributed by atoms with Crippen molar-refractivity contribution in [3.05, 3.63) is 44.4 Å². The number of H-pyrrole nitrogens is 1. The van der Waals surface area contributed by atoms with Crippen LogP contribution >= 0.6 is 23.1 Å². The number of imide groups is 1. The molecule has 3 atom stereocenters. The van der Waals surface area contributed by atoms with Crippen molar-refractivity contribution < 1.29 is 19.1 Å². The molecule has 0 saturated carbocycles. The summed E-state index contributed by atoms with van der Waals surface area (Å²) in [5, 5.41) is 0.0983. The second-order valence-electron chi connectivity index (χ2n) is 7.24. The molecule has 1 aromatic heterocycles. The number of carbonyl (C=O) groups is 3. The fourth-order valence-corrected chi connectivity index (χ4v) is 6.83. The number of fused-ring (bicyclic) bond motifs is 2. The van der Waals surface area contributed by atoms with E-state index >= 15 is 0 Å². The first-order chi connectivity index (χ1) is 13.8. The maximum absolute atomic E-state index is 13.4. The number of nitrogens with zero attached hydrogens (tertiary/aromatic N) is 1. The summed E-state index contributed by atoms with van der Waals surface area (Å²) in [5.74, 6) is -1.57. The van der Waals surface area contributed by atoms with Crippen molar-refractivity contribution in [1.29, 1.82) is 0 Å². The third-order valence-electron chi connectivity index (χ3n) is 5.69. The minimum atomic E-state index is -0.596. The summed E-state index contributed by atoms with van der Waals surface area (Å²) >= 11 is 2.38. The number of thioether (sulfide) groups is 1. The summed E-state index contributed by atoms with van der Waals surface area (Å²) in [6, 6.07) is 6.28. The molecule has 2 aliphatic heterocycles. The van der Waals surface area contributed by atoms with Gasteiger partial charge in [0.2, 0.25) is 11.8 Å². The van der Waals surface area contributed by atoms with Gasteiger partial charge in [0.1, 0.15) is 5.25 Å². The molecule has 1 fully saturated rings. The van der Waals surface area contributed by atoms with E-state index in [-0.39, 0.29) is 23.3 Å². The van der Waals surface area contributed by atoms with Crippen LogP contribution in [0.2, 0.25) is 0 Å². The molecule has 152 valence electrons. The summed E-state index contributed by atoms with van der Waals surface area (Å²) in [7, 11) is 0. The van der Waals surface area contributed by atoms with Gasteiger partial charge in [0, 0.05) is 10.3 Å². The minimum Gasteiger partial charge on any atom is -0.462 e. The standard InChI is InChI=1S/C20H20N2O5S2/c1-4-20(3)12-13(28-15-14(20)29-19(26)21-15)17(24)22(16(12)23)11-8-6-10(7-9-11)18(25)27-5-2/h6-9,12-13H,4-5H2,1-3H3,(H,21,26)/t12-,13+,20-/m1/s1. The average molecular weight is 433 g/mol. The molecule has 2 amide bonds. The first kappa shape index (κ1) is 19.9. The molecule has 1 aromatic carbocycles. The molecule has 2 aliphatic rings. The summed E-state index contributed by atoms with van der Waals surface area (Å²) in [4.78, 5) is 55.0. The van der Waals surface area contributed by atoms with Gasteiger partial charge in [0.05, 0.1) is 28.8 Å². The van der Waals surface area contributed by atoms with Gasteiger partial charge in [-0.15, -0.1) is 0 Å². The Morgan fingerprint density at radius 3 is 2.48 bits per heavy atom. The van der Waals surface area contributed by atoms with Gasteiger partial charge >= 0.3 is 10.8 Å². The number of thiazole rings is 1. The number of benzene rings is 1. The second-order valence-corrected chi connectivity index (χ2v) is 9.37. The zero-order valence-electron chi connectivity index (χ0n) is 16.2. The lowest BCUT2D eigenvalue weighted by molar-refractivity contribution is -0.123. The number of carbonyl (C=O) groups excluding carboxylic acids is 3. The SMILES string of the molecule is CCOC(=O)c1ccc(N2C(=O)[C@H]3Sc4[nH]c(=O)sc4[C@](C)(CC)[C@H]3C2=O)cc1. The van der Waals surface area contributed by atoms with Gasteiger partial charge in [0.25, 0.3) is 0 Å². The Kier molecular flexibility index (Phi) is 4.90. The van der Waals surface area contributed by atoms with E-state index in [1.165, 1.54) is 16.7 Å². The molecule has 3 heterocycles. The van der Waals surface area contributed by atoms with Crippen LogP contribution in [0.15, 0.2) is 34.1 Å². The van der Waals surface area contributed by atoms with Crippen LogP contribution in [0, 0.1) is 5.92 Å². The van der Waals surface area contributed by atoms with E-state index in [1.807, 2.05) is 13.8 Å². The minimum absolute atomic E-state index is 0.173. The molecule has 7 nitrogen and oxygen atoms in total. The number of ether oxygens (including phenoxy) is 1. The van der Waals surface area contributed by atoms with Gasteiger partial charge in [-0.25, -0.2) is 9.69 Å². The van der Waals surface area contributed by atoms with Crippen LogP contribution in [0.3, 0.4) is 0 Å². The molecule has 2 aromatic rings. The van der Waals surface area contributed by atoms with Crippen LogP contribution in [0.1, 0.15) is 42.4 Å². The Balaban J connectivity index is 1.71. The van der Waals surface area contributed by atoms with Crippen LogP contribution in [0.25, 0.3) is 0 Å². The highest BCUT2D eigenvalue weighted by Gasteiger charge is 2.60. The molecular formula is C20H20N2O5S2. The van der Waals surface area contributed by atoms with E-state index in [1.54, 1.807) is 31.2 Å². The molecule has 1 saturated heterocycles. The Bertz CT molecular complexity index is 1060. The van der Waals surface area contributed by atoms with Gasteiger partial charge in [-0.2, -0.15) is 0 Å². The van der Waals surface area contributed by atoms with Crippen LogP contribution in [-0.4, -0.2) is 34.6 Å². The predicted molar refractivity (Wildman–Crippen MR) is 111 cm³/mol. The van der Waals surface area contributed by atoms with Crippen molar-refractivity contribution in [2.24, 2.45) is 5.92 Å². The average Bonchev–Trinajstić information content (AvgIpc) is 3.20.